The summed E-state index contributed by atoms with van der Waals surface area (Å²) in [5, 5.41) is 0. The molecule has 2 aliphatic heterocycles. The fourth-order valence-corrected chi connectivity index (χ4v) is 4.23. The maximum Gasteiger partial charge on any atom is 0.242 e. The smallest absolute Gasteiger partial charge is 0.242 e. The van der Waals surface area contributed by atoms with Crippen LogP contribution in [0.5, 0.6) is 11.5 Å². The number of hydrogen-bond donors (Lipinski definition) is 0. The van der Waals surface area contributed by atoms with Crippen LogP contribution in [0, 0.1) is 0 Å². The lowest BCUT2D eigenvalue weighted by atomic mass is 10.0. The van der Waals surface area contributed by atoms with Gasteiger partial charge in [-0.15, -0.1) is 0 Å². The lowest BCUT2D eigenvalue weighted by molar-refractivity contribution is -0.139. The second-order valence-electron chi connectivity index (χ2n) is 8.41. The van der Waals surface area contributed by atoms with Crippen LogP contribution in [0.3, 0.4) is 0 Å². The molecule has 1 fully saturated rings. The van der Waals surface area contributed by atoms with E-state index in [1.54, 1.807) is 20.4 Å². The molecule has 178 valence electrons. The maximum absolute atomic E-state index is 12.9. The monoisotopic (exact) mass is 461 g/mol. The van der Waals surface area contributed by atoms with Crippen molar-refractivity contribution < 1.29 is 19.1 Å². The molecule has 0 saturated carbocycles. The molecule has 7 nitrogen and oxygen atoms in total. The van der Waals surface area contributed by atoms with E-state index >= 15 is 0 Å². The second kappa shape index (κ2) is 11.0. The van der Waals surface area contributed by atoms with E-state index in [2.05, 4.69) is 29.2 Å². The minimum absolute atomic E-state index is 0.0291. The van der Waals surface area contributed by atoms with E-state index in [4.69, 9.17) is 9.47 Å². The molecule has 0 radical (unpaired) electrons. The molecule has 0 bridgehead atoms. The van der Waals surface area contributed by atoms with Crippen molar-refractivity contribution in [1.82, 2.24) is 14.7 Å². The van der Waals surface area contributed by atoms with Crippen molar-refractivity contribution >= 4 is 24.0 Å². The number of amides is 2. The van der Waals surface area contributed by atoms with Crippen LogP contribution < -0.4 is 9.47 Å². The van der Waals surface area contributed by atoms with E-state index in [9.17, 15) is 9.59 Å². The molecule has 0 aliphatic carbocycles. The molecule has 2 aliphatic rings. The van der Waals surface area contributed by atoms with Crippen LogP contribution in [-0.2, 0) is 16.0 Å². The average Bonchev–Trinajstić information content (AvgIpc) is 3.02. The molecular weight excluding hydrogens is 430 g/mol. The molecule has 2 aromatic carbocycles. The third-order valence-electron chi connectivity index (χ3n) is 6.25. The molecular formula is C27H31N3O4. The predicted octanol–water partition coefficient (Wildman–Crippen LogP) is 2.92. The Bertz CT molecular complexity index is 1070. The predicted molar refractivity (Wildman–Crippen MR) is 132 cm³/mol. The van der Waals surface area contributed by atoms with Gasteiger partial charge in [-0.1, -0.05) is 42.5 Å². The molecule has 0 spiro atoms. The quantitative estimate of drug-likeness (QED) is 0.635. The van der Waals surface area contributed by atoms with Gasteiger partial charge in [-0.3, -0.25) is 14.5 Å². The Morgan fingerprint density at radius 3 is 2.41 bits per heavy atom. The number of nitrogens with zero attached hydrogens (tertiary/aromatic N) is 3. The van der Waals surface area contributed by atoms with Gasteiger partial charge in [-0.25, -0.2) is 0 Å². The van der Waals surface area contributed by atoms with Gasteiger partial charge in [0.25, 0.3) is 0 Å². The Morgan fingerprint density at radius 2 is 1.71 bits per heavy atom. The summed E-state index contributed by atoms with van der Waals surface area (Å²) >= 11 is 0. The van der Waals surface area contributed by atoms with Gasteiger partial charge < -0.3 is 19.3 Å². The van der Waals surface area contributed by atoms with Gasteiger partial charge in [0.15, 0.2) is 11.5 Å². The second-order valence-corrected chi connectivity index (χ2v) is 8.41. The number of rotatable bonds is 7. The Balaban J connectivity index is 1.30. The fraction of sp³-hybridized carbons (Fsp3) is 0.333. The summed E-state index contributed by atoms with van der Waals surface area (Å²) in [6.07, 6.45) is 8.04. The van der Waals surface area contributed by atoms with Crippen LogP contribution in [0.15, 0.2) is 54.7 Å². The Kier molecular flexibility index (Phi) is 7.65. The Labute approximate surface area is 200 Å². The van der Waals surface area contributed by atoms with Crippen LogP contribution in [0.2, 0.25) is 0 Å². The Hall–Kier alpha value is -3.58. The SMILES string of the molecule is COc1cc2c(cc1OC)CC(=O)N(CC(=O)N1CCN(C/C=C/c3ccccc3)CC1)C=C2. The number of benzene rings is 2. The molecule has 4 rings (SSSR count). The first-order valence-corrected chi connectivity index (χ1v) is 11.5. The molecule has 0 aromatic heterocycles. The zero-order valence-electron chi connectivity index (χ0n) is 19.8. The van der Waals surface area contributed by atoms with Crippen molar-refractivity contribution in [2.75, 3.05) is 53.5 Å². The summed E-state index contributed by atoms with van der Waals surface area (Å²) in [4.78, 5) is 31.5. The van der Waals surface area contributed by atoms with Gasteiger partial charge in [-0.2, -0.15) is 0 Å². The number of fused-ring (bicyclic) bond motifs is 1. The summed E-state index contributed by atoms with van der Waals surface area (Å²) < 4.78 is 10.7. The minimum Gasteiger partial charge on any atom is -0.493 e. The summed E-state index contributed by atoms with van der Waals surface area (Å²) in [5.41, 5.74) is 2.93. The van der Waals surface area contributed by atoms with Gasteiger partial charge in [0.2, 0.25) is 11.8 Å². The summed E-state index contributed by atoms with van der Waals surface area (Å²) in [6.45, 7) is 3.87. The lowest BCUT2D eigenvalue weighted by Crippen LogP contribution is -2.51. The van der Waals surface area contributed by atoms with Crippen LogP contribution >= 0.6 is 0 Å². The highest BCUT2D eigenvalue weighted by Gasteiger charge is 2.25. The van der Waals surface area contributed by atoms with Gasteiger partial charge >= 0.3 is 0 Å². The van der Waals surface area contributed by atoms with Crippen molar-refractivity contribution in [1.29, 1.82) is 0 Å². The average molecular weight is 462 g/mol. The van der Waals surface area contributed by atoms with Crippen LogP contribution in [0.4, 0.5) is 0 Å². The largest absolute Gasteiger partial charge is 0.493 e. The first kappa shape index (κ1) is 23.6. The topological polar surface area (TPSA) is 62.3 Å². The molecule has 2 aromatic rings. The summed E-state index contributed by atoms with van der Waals surface area (Å²) in [5.74, 6) is 1.06. The minimum atomic E-state index is -0.111. The number of carbonyl (C=O) groups excluding carboxylic acids is 2. The molecule has 2 amide bonds. The number of methoxy groups -OCH3 is 2. The number of piperazine rings is 1. The van der Waals surface area contributed by atoms with Crippen LogP contribution in [0.1, 0.15) is 16.7 Å². The van der Waals surface area contributed by atoms with Crippen molar-refractivity contribution in [3.63, 3.8) is 0 Å². The normalized spacial score (nSPS) is 16.5. The van der Waals surface area contributed by atoms with E-state index in [0.29, 0.717) is 24.6 Å². The highest BCUT2D eigenvalue weighted by Crippen LogP contribution is 2.32. The Morgan fingerprint density at radius 1 is 1.00 bits per heavy atom. The van der Waals surface area contributed by atoms with Crippen LogP contribution in [-0.4, -0.2) is 80.0 Å². The molecule has 0 atom stereocenters. The van der Waals surface area contributed by atoms with Crippen molar-refractivity contribution in [3.8, 4) is 11.5 Å². The van der Waals surface area contributed by atoms with Crippen molar-refractivity contribution in [3.05, 3.63) is 71.4 Å². The van der Waals surface area contributed by atoms with Gasteiger partial charge in [0.05, 0.1) is 20.6 Å². The van der Waals surface area contributed by atoms with E-state index in [0.717, 1.165) is 30.8 Å². The van der Waals surface area contributed by atoms with Gasteiger partial charge in [0, 0.05) is 38.9 Å². The van der Waals surface area contributed by atoms with Crippen LogP contribution in [0.25, 0.3) is 12.2 Å². The first-order chi connectivity index (χ1) is 16.6. The standard InChI is InChI=1S/C27H31N3O4/c1-33-24-17-22-10-12-30(26(31)19-23(22)18-25(24)34-2)20-27(32)29-15-13-28(14-16-29)11-6-9-21-7-4-3-5-8-21/h3-10,12,17-18H,11,13-16,19-20H2,1-2H3/b9-6+. The maximum atomic E-state index is 12.9. The molecule has 0 N–H and O–H groups in total. The number of carbonyl (C=O) groups is 2. The zero-order valence-corrected chi connectivity index (χ0v) is 19.8. The molecule has 0 unspecified atom stereocenters. The van der Waals surface area contributed by atoms with Gasteiger partial charge in [0.1, 0.15) is 6.54 Å². The highest BCUT2D eigenvalue weighted by atomic mass is 16.5. The zero-order chi connectivity index (χ0) is 23.9. The summed E-state index contributed by atoms with van der Waals surface area (Å²) in [6, 6.07) is 13.9. The fourth-order valence-electron chi connectivity index (χ4n) is 4.23. The third kappa shape index (κ3) is 5.66. The number of ether oxygens (including phenoxy) is 2. The van der Waals surface area contributed by atoms with Crippen molar-refractivity contribution in [2.24, 2.45) is 0 Å². The molecule has 1 saturated heterocycles. The number of hydrogen-bond acceptors (Lipinski definition) is 5. The van der Waals surface area contributed by atoms with Crippen molar-refractivity contribution in [2.45, 2.75) is 6.42 Å². The highest BCUT2D eigenvalue weighted by molar-refractivity contribution is 5.89. The molecule has 7 heteroatoms. The molecule has 34 heavy (non-hydrogen) atoms. The first-order valence-electron chi connectivity index (χ1n) is 11.5. The lowest BCUT2D eigenvalue weighted by Gasteiger charge is -2.35. The molecule has 2 heterocycles. The van der Waals surface area contributed by atoms with E-state index in [1.165, 1.54) is 10.5 Å². The summed E-state index contributed by atoms with van der Waals surface area (Å²) in [7, 11) is 3.16. The van der Waals surface area contributed by atoms with E-state index in [1.807, 2.05) is 41.3 Å². The van der Waals surface area contributed by atoms with Gasteiger partial charge in [-0.05, 0) is 34.9 Å². The van der Waals surface area contributed by atoms with E-state index in [-0.39, 0.29) is 24.8 Å². The van der Waals surface area contributed by atoms with E-state index < -0.39 is 0 Å². The third-order valence-corrected chi connectivity index (χ3v) is 6.25.